The first-order chi connectivity index (χ1) is 15.0. The molecule has 0 bridgehead atoms. The number of benzene rings is 1. The van der Waals surface area contributed by atoms with Crippen LogP contribution in [-0.4, -0.2) is 59.4 Å². The van der Waals surface area contributed by atoms with E-state index in [0.717, 1.165) is 12.8 Å². The van der Waals surface area contributed by atoms with Gasteiger partial charge in [-0.3, -0.25) is 0 Å². The molecular weight excluding hydrogens is 428 g/mol. The molecule has 0 saturated carbocycles. The molecule has 0 spiro atoms. The predicted octanol–water partition coefficient (Wildman–Crippen LogP) is 3.50. The number of nitrogens with one attached hydrogen (secondary N) is 1. The molecule has 0 amide bonds. The van der Waals surface area contributed by atoms with Crippen LogP contribution in [0.25, 0.3) is 22.8 Å². The van der Waals surface area contributed by atoms with Crippen molar-refractivity contribution in [3.63, 3.8) is 0 Å². The normalized spacial score (nSPS) is 17.8. The van der Waals surface area contributed by atoms with E-state index in [1.165, 1.54) is 6.33 Å². The van der Waals surface area contributed by atoms with Crippen molar-refractivity contribution >= 4 is 17.4 Å². The highest BCUT2D eigenvalue weighted by Crippen LogP contribution is 2.33. The van der Waals surface area contributed by atoms with E-state index in [0.29, 0.717) is 34.6 Å². The van der Waals surface area contributed by atoms with Crippen LogP contribution in [0.1, 0.15) is 40.5 Å². The number of aromatic nitrogens is 6. The van der Waals surface area contributed by atoms with Crippen LogP contribution < -0.4 is 10.2 Å². The maximum atomic E-state index is 10.5. The Morgan fingerprint density at radius 1 is 1.03 bits per heavy atom. The minimum absolute atomic E-state index is 0.00351. The fraction of sp³-hybridized carbons (Fsp3) is 0.455. The summed E-state index contributed by atoms with van der Waals surface area (Å²) < 4.78 is 0. The van der Waals surface area contributed by atoms with Crippen molar-refractivity contribution in [2.24, 2.45) is 0 Å². The van der Waals surface area contributed by atoms with Crippen molar-refractivity contribution in [2.75, 3.05) is 11.9 Å². The molecule has 32 heavy (non-hydrogen) atoms. The molecule has 3 heterocycles. The average molecular weight is 455 g/mol. The molecule has 0 radical (unpaired) electrons. The number of rotatable bonds is 4. The summed E-state index contributed by atoms with van der Waals surface area (Å²) in [5, 5.41) is 23.0. The second kappa shape index (κ2) is 8.22. The molecule has 1 saturated heterocycles. The molecule has 0 aliphatic carbocycles. The molecule has 9 nitrogen and oxygen atoms in total. The highest BCUT2D eigenvalue weighted by atomic mass is 35.5. The molecule has 3 aromatic rings. The van der Waals surface area contributed by atoms with E-state index >= 15 is 0 Å². The van der Waals surface area contributed by atoms with Gasteiger partial charge in [0.2, 0.25) is 5.28 Å². The summed E-state index contributed by atoms with van der Waals surface area (Å²) in [5.41, 5.74) is 1.13. The van der Waals surface area contributed by atoms with Crippen molar-refractivity contribution in [3.8, 4) is 28.5 Å². The van der Waals surface area contributed by atoms with Crippen LogP contribution in [0.15, 0.2) is 30.7 Å². The van der Waals surface area contributed by atoms with Crippen LogP contribution in [0.3, 0.4) is 0 Å². The topological polar surface area (TPSA) is 113 Å². The zero-order valence-electron chi connectivity index (χ0n) is 18.8. The van der Waals surface area contributed by atoms with E-state index in [1.807, 2.05) is 7.05 Å². The van der Waals surface area contributed by atoms with E-state index in [9.17, 15) is 5.11 Å². The highest BCUT2D eigenvalue weighted by molar-refractivity contribution is 6.28. The van der Waals surface area contributed by atoms with Crippen LogP contribution in [0.5, 0.6) is 5.75 Å². The Bertz CT molecular complexity index is 1100. The Morgan fingerprint density at radius 2 is 1.75 bits per heavy atom. The minimum atomic E-state index is 0.00351. The molecule has 2 N–H and O–H groups in total. The molecule has 1 aromatic carbocycles. The lowest BCUT2D eigenvalue weighted by Gasteiger charge is -2.49. The molecule has 0 unspecified atom stereocenters. The van der Waals surface area contributed by atoms with Crippen molar-refractivity contribution in [2.45, 2.75) is 57.7 Å². The van der Waals surface area contributed by atoms with Gasteiger partial charge < -0.3 is 15.3 Å². The number of phenols is 1. The van der Waals surface area contributed by atoms with E-state index in [1.54, 1.807) is 24.4 Å². The van der Waals surface area contributed by atoms with Crippen molar-refractivity contribution < 1.29 is 5.11 Å². The lowest BCUT2D eigenvalue weighted by Crippen LogP contribution is -2.62. The van der Waals surface area contributed by atoms with Gasteiger partial charge in [0.25, 0.3) is 0 Å². The zero-order chi connectivity index (χ0) is 23.1. The minimum Gasteiger partial charge on any atom is -0.507 e. The van der Waals surface area contributed by atoms with Gasteiger partial charge >= 0.3 is 0 Å². The number of phenolic OH excluding ortho intramolecular Hbond substituents is 1. The summed E-state index contributed by atoms with van der Waals surface area (Å²) in [5.74, 6) is 1.41. The molecule has 1 aliphatic heterocycles. The maximum absolute atomic E-state index is 10.5. The Kier molecular flexibility index (Phi) is 5.72. The van der Waals surface area contributed by atoms with Crippen LogP contribution in [0, 0.1) is 0 Å². The smallest absolute Gasteiger partial charge is 0.225 e. The molecule has 1 aliphatic rings. The van der Waals surface area contributed by atoms with Gasteiger partial charge in [0.1, 0.15) is 12.1 Å². The Labute approximate surface area is 192 Å². The molecule has 1 fully saturated rings. The van der Waals surface area contributed by atoms with E-state index in [2.05, 4.69) is 68.0 Å². The summed E-state index contributed by atoms with van der Waals surface area (Å²) in [4.78, 5) is 18.5. The molecule has 2 aromatic heterocycles. The van der Waals surface area contributed by atoms with Crippen LogP contribution in [0.2, 0.25) is 5.28 Å². The molecular formula is C22H27ClN8O. The van der Waals surface area contributed by atoms with Gasteiger partial charge in [0.05, 0.1) is 11.8 Å². The van der Waals surface area contributed by atoms with E-state index in [4.69, 9.17) is 11.6 Å². The first kappa shape index (κ1) is 22.3. The van der Waals surface area contributed by atoms with Gasteiger partial charge in [-0.2, -0.15) is 4.98 Å². The van der Waals surface area contributed by atoms with Gasteiger partial charge in [-0.05, 0) is 64.3 Å². The summed E-state index contributed by atoms with van der Waals surface area (Å²) >= 11 is 5.83. The number of piperidine rings is 1. The van der Waals surface area contributed by atoms with Crippen molar-refractivity contribution in [1.82, 2.24) is 35.5 Å². The van der Waals surface area contributed by atoms with Crippen LogP contribution in [0.4, 0.5) is 5.82 Å². The van der Waals surface area contributed by atoms with Gasteiger partial charge in [-0.15, -0.1) is 10.2 Å². The average Bonchev–Trinajstić information content (AvgIpc) is 2.71. The second-order valence-corrected chi connectivity index (χ2v) is 9.85. The summed E-state index contributed by atoms with van der Waals surface area (Å²) in [7, 11) is 2.03. The first-order valence-corrected chi connectivity index (χ1v) is 10.8. The number of aromatic hydroxyl groups is 1. The summed E-state index contributed by atoms with van der Waals surface area (Å²) in [6.07, 6.45) is 4.99. The largest absolute Gasteiger partial charge is 0.507 e. The van der Waals surface area contributed by atoms with E-state index in [-0.39, 0.29) is 22.1 Å². The second-order valence-electron chi connectivity index (χ2n) is 9.52. The third-order valence-electron chi connectivity index (χ3n) is 5.67. The van der Waals surface area contributed by atoms with E-state index < -0.39 is 0 Å². The number of hydrogen-bond donors (Lipinski definition) is 2. The molecule has 4 rings (SSSR count). The number of nitrogens with zero attached hydrogens (tertiary/aromatic N) is 7. The Hall–Kier alpha value is -2.91. The Balaban J connectivity index is 1.55. The number of anilines is 1. The van der Waals surface area contributed by atoms with Gasteiger partial charge in [0.15, 0.2) is 17.5 Å². The third-order valence-corrected chi connectivity index (χ3v) is 5.85. The van der Waals surface area contributed by atoms with Crippen LogP contribution >= 0.6 is 11.6 Å². The van der Waals surface area contributed by atoms with Gasteiger partial charge in [0, 0.05) is 29.7 Å². The fourth-order valence-electron chi connectivity index (χ4n) is 4.56. The lowest BCUT2D eigenvalue weighted by molar-refractivity contribution is 0.160. The van der Waals surface area contributed by atoms with Gasteiger partial charge in [-0.25, -0.2) is 15.0 Å². The monoisotopic (exact) mass is 454 g/mol. The molecule has 10 heteroatoms. The van der Waals surface area contributed by atoms with Gasteiger partial charge in [-0.1, -0.05) is 6.07 Å². The molecule has 168 valence electrons. The third kappa shape index (κ3) is 4.78. The first-order valence-electron chi connectivity index (χ1n) is 10.4. The van der Waals surface area contributed by atoms with Crippen molar-refractivity contribution in [1.29, 1.82) is 0 Å². The Morgan fingerprint density at radius 3 is 2.34 bits per heavy atom. The predicted molar refractivity (Wildman–Crippen MR) is 123 cm³/mol. The highest BCUT2D eigenvalue weighted by Gasteiger charge is 2.39. The summed E-state index contributed by atoms with van der Waals surface area (Å²) in [6, 6.07) is 5.33. The SMILES string of the molecule is CN(c1cnc(-c2ccc(-c3ncnc(Cl)n3)cc2O)nn1)C1CC(C)(C)NC(C)(C)C1. The van der Waals surface area contributed by atoms with Crippen LogP contribution in [-0.2, 0) is 0 Å². The molecule has 0 atom stereocenters. The number of hydrogen-bond acceptors (Lipinski definition) is 9. The zero-order valence-corrected chi connectivity index (χ0v) is 19.6. The lowest BCUT2D eigenvalue weighted by atomic mass is 9.79. The quantitative estimate of drug-likeness (QED) is 0.611. The number of halogens is 1. The fourth-order valence-corrected chi connectivity index (χ4v) is 4.68. The maximum Gasteiger partial charge on any atom is 0.225 e. The van der Waals surface area contributed by atoms with Crippen molar-refractivity contribution in [3.05, 3.63) is 36.0 Å². The standard InChI is InChI=1S/C22H27ClN8O/c1-21(2)9-14(10-22(3,4)30-21)31(5)17-11-24-19(29-28-17)15-7-6-13(8-16(15)32)18-25-12-26-20(23)27-18/h6-8,11-12,14,30,32H,9-10H2,1-5H3. The summed E-state index contributed by atoms with van der Waals surface area (Å²) in [6.45, 7) is 8.89.